The van der Waals surface area contributed by atoms with Gasteiger partial charge >= 0.3 is 0 Å². The number of nitro groups is 1. The highest BCUT2D eigenvalue weighted by Crippen LogP contribution is 2.28. The van der Waals surface area contributed by atoms with Crippen LogP contribution in [0.25, 0.3) is 0 Å². The number of ether oxygens (including phenoxy) is 1. The Hall–Kier alpha value is -1.43. The van der Waals surface area contributed by atoms with Gasteiger partial charge in [-0.05, 0) is 37.0 Å². The molecule has 0 aliphatic carbocycles. The molecule has 0 bridgehead atoms. The molecule has 18 heavy (non-hydrogen) atoms. The number of anilines is 1. The van der Waals surface area contributed by atoms with E-state index in [1.54, 1.807) is 12.1 Å². The molecule has 6 heteroatoms. The topological polar surface area (TPSA) is 64.4 Å². The lowest BCUT2D eigenvalue weighted by Crippen LogP contribution is -2.04. The van der Waals surface area contributed by atoms with E-state index in [0.717, 1.165) is 25.1 Å². The van der Waals surface area contributed by atoms with Gasteiger partial charge in [0.25, 0.3) is 5.69 Å². The maximum atomic E-state index is 10.9. The van der Waals surface area contributed by atoms with Gasteiger partial charge in [-0.3, -0.25) is 10.1 Å². The summed E-state index contributed by atoms with van der Waals surface area (Å²) in [5.74, 6) is 1.61. The summed E-state index contributed by atoms with van der Waals surface area (Å²) in [6.07, 6.45) is 4.18. The van der Waals surface area contributed by atoms with E-state index in [1.807, 2.05) is 11.8 Å². The van der Waals surface area contributed by atoms with Crippen LogP contribution >= 0.6 is 11.8 Å². The molecule has 0 aromatic heterocycles. The standard InChI is InChI=1S/C12H18N2O3S/c1-17-10-5-6-11(12(9-10)14(15)16)13-7-3-4-8-18-2/h5-6,9,13H,3-4,7-8H2,1-2H3. The molecule has 1 rings (SSSR count). The lowest BCUT2D eigenvalue weighted by atomic mass is 10.2. The quantitative estimate of drug-likeness (QED) is 0.446. The second-order valence-corrected chi connectivity index (χ2v) is 4.75. The lowest BCUT2D eigenvalue weighted by Gasteiger charge is -2.08. The van der Waals surface area contributed by atoms with Crippen LogP contribution in [0.2, 0.25) is 0 Å². The SMILES string of the molecule is COc1ccc(NCCCCSC)c([N+](=O)[O-])c1. The molecule has 1 aromatic rings. The maximum absolute atomic E-state index is 10.9. The summed E-state index contributed by atoms with van der Waals surface area (Å²) < 4.78 is 4.98. The van der Waals surface area contributed by atoms with Crippen LogP contribution in [-0.2, 0) is 0 Å². The molecule has 0 spiro atoms. The average Bonchev–Trinajstić information content (AvgIpc) is 2.38. The summed E-state index contributed by atoms with van der Waals surface area (Å²) in [6.45, 7) is 0.744. The highest BCUT2D eigenvalue weighted by molar-refractivity contribution is 7.98. The van der Waals surface area contributed by atoms with Crippen molar-refractivity contribution in [1.29, 1.82) is 0 Å². The van der Waals surface area contributed by atoms with Gasteiger partial charge in [0.05, 0.1) is 18.1 Å². The van der Waals surface area contributed by atoms with E-state index in [-0.39, 0.29) is 5.69 Å². The number of unbranched alkanes of at least 4 members (excludes halogenated alkanes) is 1. The Balaban J connectivity index is 2.61. The predicted molar refractivity (Wildman–Crippen MR) is 75.8 cm³/mol. The number of hydrogen-bond donors (Lipinski definition) is 1. The van der Waals surface area contributed by atoms with E-state index in [9.17, 15) is 10.1 Å². The van der Waals surface area contributed by atoms with Crippen LogP contribution in [0.3, 0.4) is 0 Å². The molecule has 0 radical (unpaired) electrons. The van der Waals surface area contributed by atoms with Crippen molar-refractivity contribution in [2.24, 2.45) is 0 Å². The smallest absolute Gasteiger partial charge is 0.296 e. The fourth-order valence-electron chi connectivity index (χ4n) is 1.53. The van der Waals surface area contributed by atoms with Gasteiger partial charge in [-0.1, -0.05) is 0 Å². The van der Waals surface area contributed by atoms with Crippen LogP contribution in [0.1, 0.15) is 12.8 Å². The summed E-state index contributed by atoms with van der Waals surface area (Å²) in [5.41, 5.74) is 0.601. The zero-order valence-corrected chi connectivity index (χ0v) is 11.5. The number of benzene rings is 1. The Morgan fingerprint density at radius 3 is 2.83 bits per heavy atom. The minimum Gasteiger partial charge on any atom is -0.496 e. The van der Waals surface area contributed by atoms with Crippen molar-refractivity contribution in [3.05, 3.63) is 28.3 Å². The van der Waals surface area contributed by atoms with Crippen LogP contribution in [0.4, 0.5) is 11.4 Å². The summed E-state index contributed by atoms with van der Waals surface area (Å²) in [5, 5.41) is 14.0. The molecule has 100 valence electrons. The van der Waals surface area contributed by atoms with E-state index in [1.165, 1.54) is 13.2 Å². The highest BCUT2D eigenvalue weighted by Gasteiger charge is 2.14. The first-order valence-corrected chi connectivity index (χ1v) is 7.13. The zero-order valence-electron chi connectivity index (χ0n) is 10.6. The summed E-state index contributed by atoms with van der Waals surface area (Å²) in [6, 6.07) is 4.84. The molecule has 0 unspecified atom stereocenters. The third-order valence-electron chi connectivity index (χ3n) is 2.49. The Labute approximate surface area is 111 Å². The fraction of sp³-hybridized carbons (Fsp3) is 0.500. The largest absolute Gasteiger partial charge is 0.496 e. The Morgan fingerprint density at radius 2 is 2.22 bits per heavy atom. The third-order valence-corrected chi connectivity index (χ3v) is 3.19. The molecule has 0 aliphatic rings. The Morgan fingerprint density at radius 1 is 1.44 bits per heavy atom. The average molecular weight is 270 g/mol. The van der Waals surface area contributed by atoms with Gasteiger partial charge in [0, 0.05) is 6.54 Å². The van der Waals surface area contributed by atoms with Gasteiger partial charge in [-0.25, -0.2) is 0 Å². The molecule has 1 aromatic carbocycles. The number of nitro benzene ring substituents is 1. The third kappa shape index (κ3) is 4.44. The second-order valence-electron chi connectivity index (χ2n) is 3.77. The predicted octanol–water partition coefficient (Wildman–Crippen LogP) is 3.16. The van der Waals surface area contributed by atoms with E-state index in [2.05, 4.69) is 11.6 Å². The molecule has 0 atom stereocenters. The normalized spacial score (nSPS) is 10.1. The molecule has 0 aliphatic heterocycles. The monoisotopic (exact) mass is 270 g/mol. The van der Waals surface area contributed by atoms with E-state index in [4.69, 9.17) is 4.74 Å². The molecule has 0 amide bonds. The molecule has 1 N–H and O–H groups in total. The van der Waals surface area contributed by atoms with Gasteiger partial charge in [0.2, 0.25) is 0 Å². The molecule has 0 heterocycles. The van der Waals surface area contributed by atoms with Gasteiger partial charge in [0.1, 0.15) is 11.4 Å². The van der Waals surface area contributed by atoms with Crippen LogP contribution in [0.5, 0.6) is 5.75 Å². The Kier molecular flexibility index (Phi) is 6.35. The van der Waals surface area contributed by atoms with E-state index < -0.39 is 4.92 Å². The molecular formula is C12H18N2O3S. The van der Waals surface area contributed by atoms with E-state index >= 15 is 0 Å². The number of nitrogens with one attached hydrogen (secondary N) is 1. The number of rotatable bonds is 8. The van der Waals surface area contributed by atoms with E-state index in [0.29, 0.717) is 11.4 Å². The molecule has 0 fully saturated rings. The Bertz CT molecular complexity index is 399. The first kappa shape index (κ1) is 14.6. The van der Waals surface area contributed by atoms with Crippen LogP contribution in [-0.4, -0.2) is 30.6 Å². The van der Waals surface area contributed by atoms with Crippen molar-refractivity contribution < 1.29 is 9.66 Å². The second kappa shape index (κ2) is 7.81. The number of thioether (sulfide) groups is 1. The van der Waals surface area contributed by atoms with Crippen molar-refractivity contribution in [3.63, 3.8) is 0 Å². The molecule has 0 saturated carbocycles. The van der Waals surface area contributed by atoms with Gasteiger partial charge in [0.15, 0.2) is 0 Å². The van der Waals surface area contributed by atoms with Crippen molar-refractivity contribution in [3.8, 4) is 5.75 Å². The fourth-order valence-corrected chi connectivity index (χ4v) is 2.03. The first-order valence-electron chi connectivity index (χ1n) is 5.74. The number of methoxy groups -OCH3 is 1. The maximum Gasteiger partial charge on any atom is 0.296 e. The summed E-state index contributed by atoms with van der Waals surface area (Å²) >= 11 is 1.81. The summed E-state index contributed by atoms with van der Waals surface area (Å²) in [4.78, 5) is 10.5. The van der Waals surface area contributed by atoms with Gasteiger partial charge in [-0.2, -0.15) is 11.8 Å². The van der Waals surface area contributed by atoms with Gasteiger partial charge < -0.3 is 10.1 Å². The number of hydrogen-bond acceptors (Lipinski definition) is 5. The van der Waals surface area contributed by atoms with Crippen LogP contribution < -0.4 is 10.1 Å². The summed E-state index contributed by atoms with van der Waals surface area (Å²) in [7, 11) is 1.49. The van der Waals surface area contributed by atoms with Crippen molar-refractivity contribution >= 4 is 23.1 Å². The lowest BCUT2D eigenvalue weighted by molar-refractivity contribution is -0.384. The molecular weight excluding hydrogens is 252 g/mol. The molecule has 5 nitrogen and oxygen atoms in total. The van der Waals surface area contributed by atoms with Gasteiger partial charge in [-0.15, -0.1) is 0 Å². The van der Waals surface area contributed by atoms with Crippen LogP contribution in [0, 0.1) is 10.1 Å². The zero-order chi connectivity index (χ0) is 13.4. The van der Waals surface area contributed by atoms with Crippen molar-refractivity contribution in [1.82, 2.24) is 0 Å². The minimum absolute atomic E-state index is 0.0548. The number of nitrogens with zero attached hydrogens (tertiary/aromatic N) is 1. The highest BCUT2D eigenvalue weighted by atomic mass is 32.2. The van der Waals surface area contributed by atoms with Crippen molar-refractivity contribution in [2.45, 2.75) is 12.8 Å². The van der Waals surface area contributed by atoms with Crippen LogP contribution in [0.15, 0.2) is 18.2 Å². The minimum atomic E-state index is -0.396. The first-order chi connectivity index (χ1) is 8.69. The molecule has 0 saturated heterocycles. The van der Waals surface area contributed by atoms with Crippen molar-refractivity contribution in [2.75, 3.05) is 31.0 Å².